The topological polar surface area (TPSA) is 49.0 Å². The Morgan fingerprint density at radius 2 is 2.04 bits per heavy atom. The van der Waals surface area contributed by atoms with E-state index < -0.39 is 0 Å². The van der Waals surface area contributed by atoms with Crippen LogP contribution in [0.4, 0.5) is 0 Å². The largest absolute Gasteiger partial charge is 0.340 e. The van der Waals surface area contributed by atoms with Gasteiger partial charge in [0.15, 0.2) is 0 Å². The Balaban J connectivity index is 1.54. The molecular weight excluding hydrogens is 369 g/mol. The van der Waals surface area contributed by atoms with Crippen molar-refractivity contribution in [1.29, 1.82) is 0 Å². The first kappa shape index (κ1) is 17.1. The van der Waals surface area contributed by atoms with Crippen LogP contribution in [-0.4, -0.2) is 27.3 Å². The van der Waals surface area contributed by atoms with Crippen LogP contribution in [0.3, 0.4) is 0 Å². The molecule has 1 N–H and O–H groups in total. The van der Waals surface area contributed by atoms with Crippen LogP contribution in [-0.2, 0) is 4.79 Å². The van der Waals surface area contributed by atoms with Gasteiger partial charge in [0.25, 0.3) is 0 Å². The van der Waals surface area contributed by atoms with Crippen LogP contribution in [0.25, 0.3) is 17.1 Å². The summed E-state index contributed by atoms with van der Waals surface area (Å²) in [6, 6.07) is 13.2. The molecule has 2 aromatic carbocycles. The predicted octanol–water partition coefficient (Wildman–Crippen LogP) is 5.25. The first-order valence-electron chi connectivity index (χ1n) is 8.50. The highest BCUT2D eigenvalue weighted by Gasteiger charge is 2.31. The summed E-state index contributed by atoms with van der Waals surface area (Å²) in [6.07, 6.45) is 5.22. The molecule has 4 nitrogen and oxygen atoms in total. The number of benzene rings is 2. The van der Waals surface area contributed by atoms with Crippen LogP contribution in [0.1, 0.15) is 30.3 Å². The Labute approximate surface area is 161 Å². The zero-order valence-electron chi connectivity index (χ0n) is 14.0. The SMILES string of the molecule is O=C(C=Cc1ccc(Cl)c(Cl)c1)N1CCCC1c1nc2ccccc2[nH]1. The van der Waals surface area contributed by atoms with E-state index in [1.165, 1.54) is 0 Å². The number of halogens is 2. The van der Waals surface area contributed by atoms with Crippen LogP contribution >= 0.6 is 23.2 Å². The number of nitrogens with one attached hydrogen (secondary N) is 1. The van der Waals surface area contributed by atoms with E-state index in [2.05, 4.69) is 9.97 Å². The van der Waals surface area contributed by atoms with Crippen LogP contribution in [0.2, 0.25) is 10.0 Å². The van der Waals surface area contributed by atoms with E-state index in [4.69, 9.17) is 23.2 Å². The zero-order chi connectivity index (χ0) is 18.1. The Kier molecular flexibility index (Phi) is 4.70. The molecule has 0 spiro atoms. The number of hydrogen-bond donors (Lipinski definition) is 1. The summed E-state index contributed by atoms with van der Waals surface area (Å²) < 4.78 is 0. The number of para-hydroxylation sites is 2. The molecule has 1 fully saturated rings. The number of rotatable bonds is 3. The number of carbonyl (C=O) groups excluding carboxylic acids is 1. The van der Waals surface area contributed by atoms with Gasteiger partial charge in [-0.05, 0) is 48.7 Å². The van der Waals surface area contributed by atoms with Crippen molar-refractivity contribution < 1.29 is 4.79 Å². The van der Waals surface area contributed by atoms with Crippen molar-refractivity contribution in [1.82, 2.24) is 14.9 Å². The molecule has 1 amide bonds. The maximum absolute atomic E-state index is 12.7. The monoisotopic (exact) mass is 385 g/mol. The molecule has 1 unspecified atom stereocenters. The van der Waals surface area contributed by atoms with Crippen molar-refractivity contribution in [2.75, 3.05) is 6.54 Å². The third-order valence-corrected chi connectivity index (χ3v) is 5.36. The van der Waals surface area contributed by atoms with Gasteiger partial charge >= 0.3 is 0 Å². The van der Waals surface area contributed by atoms with Gasteiger partial charge in [-0.1, -0.05) is 41.4 Å². The maximum Gasteiger partial charge on any atom is 0.247 e. The van der Waals surface area contributed by atoms with Crippen LogP contribution in [0.5, 0.6) is 0 Å². The minimum Gasteiger partial charge on any atom is -0.340 e. The molecule has 0 bridgehead atoms. The quantitative estimate of drug-likeness (QED) is 0.626. The van der Waals surface area contributed by atoms with E-state index in [1.54, 1.807) is 24.3 Å². The molecule has 3 aromatic rings. The van der Waals surface area contributed by atoms with Gasteiger partial charge in [0.1, 0.15) is 5.82 Å². The van der Waals surface area contributed by atoms with Gasteiger partial charge in [0.2, 0.25) is 5.91 Å². The molecule has 4 rings (SSSR count). The summed E-state index contributed by atoms with van der Waals surface area (Å²) in [5.41, 5.74) is 2.76. The van der Waals surface area contributed by atoms with Gasteiger partial charge in [-0.2, -0.15) is 0 Å². The predicted molar refractivity (Wildman–Crippen MR) is 105 cm³/mol. The minimum absolute atomic E-state index is 0.0200. The van der Waals surface area contributed by atoms with E-state index in [0.29, 0.717) is 10.0 Å². The first-order chi connectivity index (χ1) is 12.6. The normalized spacial score (nSPS) is 17.5. The molecule has 0 aliphatic carbocycles. The van der Waals surface area contributed by atoms with E-state index in [1.807, 2.05) is 35.2 Å². The number of H-pyrrole nitrogens is 1. The summed E-state index contributed by atoms with van der Waals surface area (Å²) in [5.74, 6) is 0.819. The summed E-state index contributed by atoms with van der Waals surface area (Å²) in [7, 11) is 0. The number of likely N-dealkylation sites (tertiary alicyclic amines) is 1. The molecule has 0 saturated carbocycles. The molecule has 6 heteroatoms. The molecular formula is C20H17Cl2N3O. The highest BCUT2D eigenvalue weighted by Crippen LogP contribution is 2.31. The smallest absolute Gasteiger partial charge is 0.247 e. The van der Waals surface area contributed by atoms with E-state index in [0.717, 1.165) is 41.8 Å². The first-order valence-corrected chi connectivity index (χ1v) is 9.26. The van der Waals surface area contributed by atoms with E-state index in [-0.39, 0.29) is 11.9 Å². The van der Waals surface area contributed by atoms with Crippen molar-refractivity contribution in [3.05, 3.63) is 70.0 Å². The molecule has 1 aromatic heterocycles. The molecule has 2 heterocycles. The lowest BCUT2D eigenvalue weighted by molar-refractivity contribution is -0.126. The average Bonchev–Trinajstić information content (AvgIpc) is 3.28. The van der Waals surface area contributed by atoms with Gasteiger partial charge < -0.3 is 9.88 Å². The van der Waals surface area contributed by atoms with Gasteiger partial charge in [0.05, 0.1) is 27.1 Å². The van der Waals surface area contributed by atoms with E-state index >= 15 is 0 Å². The average molecular weight is 386 g/mol. The molecule has 1 atom stereocenters. The van der Waals surface area contributed by atoms with Crippen LogP contribution in [0, 0.1) is 0 Å². The van der Waals surface area contributed by atoms with Crippen LogP contribution < -0.4 is 0 Å². The fourth-order valence-electron chi connectivity index (χ4n) is 3.32. The number of nitrogens with zero attached hydrogens (tertiary/aromatic N) is 2. The second-order valence-corrected chi connectivity index (χ2v) is 7.15. The maximum atomic E-state index is 12.7. The molecule has 132 valence electrons. The zero-order valence-corrected chi connectivity index (χ0v) is 15.5. The second kappa shape index (κ2) is 7.14. The van der Waals surface area contributed by atoms with Crippen molar-refractivity contribution in [3.8, 4) is 0 Å². The summed E-state index contributed by atoms with van der Waals surface area (Å²) in [4.78, 5) is 22.6. The van der Waals surface area contributed by atoms with Gasteiger partial charge in [0, 0.05) is 12.6 Å². The Hall–Kier alpha value is -2.30. The van der Waals surface area contributed by atoms with Crippen molar-refractivity contribution in [3.63, 3.8) is 0 Å². The molecule has 1 aliphatic heterocycles. The fraction of sp³-hybridized carbons (Fsp3) is 0.200. The third-order valence-electron chi connectivity index (χ3n) is 4.62. The number of fused-ring (bicyclic) bond motifs is 1. The standard InChI is InChI=1S/C20H17Cl2N3O/c21-14-9-7-13(12-15(14)22)8-10-19(26)25-11-3-6-18(25)20-23-16-4-1-2-5-17(16)24-20/h1-2,4-5,7-10,12,18H,3,6,11H2,(H,23,24). The number of imidazole rings is 1. The lowest BCUT2D eigenvalue weighted by Crippen LogP contribution is -2.29. The van der Waals surface area contributed by atoms with Crippen molar-refractivity contribution in [2.45, 2.75) is 18.9 Å². The second-order valence-electron chi connectivity index (χ2n) is 6.34. The van der Waals surface area contributed by atoms with Crippen LogP contribution in [0.15, 0.2) is 48.5 Å². The summed E-state index contributed by atoms with van der Waals surface area (Å²) >= 11 is 12.0. The number of carbonyl (C=O) groups is 1. The number of amides is 1. The molecule has 1 saturated heterocycles. The highest BCUT2D eigenvalue weighted by atomic mass is 35.5. The fourth-order valence-corrected chi connectivity index (χ4v) is 3.63. The molecule has 0 radical (unpaired) electrons. The number of hydrogen-bond acceptors (Lipinski definition) is 2. The van der Waals surface area contributed by atoms with E-state index in [9.17, 15) is 4.79 Å². The lowest BCUT2D eigenvalue weighted by atomic mass is 10.2. The van der Waals surface area contributed by atoms with Crippen molar-refractivity contribution in [2.24, 2.45) is 0 Å². The molecule has 1 aliphatic rings. The van der Waals surface area contributed by atoms with Gasteiger partial charge in [-0.3, -0.25) is 4.79 Å². The molecule has 26 heavy (non-hydrogen) atoms. The summed E-state index contributed by atoms with van der Waals surface area (Å²) in [5, 5.41) is 0.974. The Bertz CT molecular complexity index is 963. The number of aromatic amines is 1. The third kappa shape index (κ3) is 3.35. The minimum atomic E-state index is -0.0287. The van der Waals surface area contributed by atoms with Gasteiger partial charge in [-0.25, -0.2) is 4.98 Å². The Morgan fingerprint density at radius 1 is 1.19 bits per heavy atom. The lowest BCUT2D eigenvalue weighted by Gasteiger charge is -2.21. The number of aromatic nitrogens is 2. The highest BCUT2D eigenvalue weighted by molar-refractivity contribution is 6.42. The Morgan fingerprint density at radius 3 is 2.85 bits per heavy atom. The van der Waals surface area contributed by atoms with Gasteiger partial charge in [-0.15, -0.1) is 0 Å². The van der Waals surface area contributed by atoms with Crippen molar-refractivity contribution >= 4 is 46.2 Å². The summed E-state index contributed by atoms with van der Waals surface area (Å²) in [6.45, 7) is 0.728.